The van der Waals surface area contributed by atoms with Crippen molar-refractivity contribution in [3.63, 3.8) is 0 Å². The van der Waals surface area contributed by atoms with Gasteiger partial charge in [-0.05, 0) is 30.3 Å². The van der Waals surface area contributed by atoms with E-state index in [-0.39, 0.29) is 5.82 Å². The number of nitrogens with one attached hydrogen (secondary N) is 1. The summed E-state index contributed by atoms with van der Waals surface area (Å²) in [5.74, 6) is 0.301. The Kier molecular flexibility index (Phi) is 2.83. The first-order chi connectivity index (χ1) is 7.24. The Bertz CT molecular complexity index is 430. The number of benzene rings is 1. The summed E-state index contributed by atoms with van der Waals surface area (Å²) >= 11 is 5.72. The van der Waals surface area contributed by atoms with Crippen LogP contribution in [0.2, 0.25) is 5.15 Å². The topological polar surface area (TPSA) is 24.9 Å². The predicted octanol–water partition coefficient (Wildman–Crippen LogP) is 3.62. The predicted molar refractivity (Wildman–Crippen MR) is 58.9 cm³/mol. The molecule has 4 heteroatoms. The molecule has 0 saturated carbocycles. The first kappa shape index (κ1) is 9.93. The van der Waals surface area contributed by atoms with Gasteiger partial charge >= 0.3 is 0 Å². The highest BCUT2D eigenvalue weighted by atomic mass is 35.5. The van der Waals surface area contributed by atoms with Crippen molar-refractivity contribution >= 4 is 23.1 Å². The Morgan fingerprint density at radius 3 is 2.67 bits per heavy atom. The molecule has 0 spiro atoms. The van der Waals surface area contributed by atoms with Gasteiger partial charge in [0.2, 0.25) is 0 Å². The van der Waals surface area contributed by atoms with Gasteiger partial charge in [-0.25, -0.2) is 9.37 Å². The van der Waals surface area contributed by atoms with E-state index >= 15 is 0 Å². The Morgan fingerprint density at radius 1 is 1.13 bits per heavy atom. The summed E-state index contributed by atoms with van der Waals surface area (Å²) < 4.78 is 12.9. The molecular weight excluding hydrogens is 215 g/mol. The Hall–Kier alpha value is -1.61. The lowest BCUT2D eigenvalue weighted by molar-refractivity contribution is 0.628. The van der Waals surface area contributed by atoms with Crippen LogP contribution in [0.3, 0.4) is 0 Å². The van der Waals surface area contributed by atoms with E-state index in [1.807, 2.05) is 0 Å². The third kappa shape index (κ3) is 2.67. The average Bonchev–Trinajstić information content (AvgIpc) is 2.17. The molecule has 1 heterocycles. The van der Waals surface area contributed by atoms with Crippen LogP contribution in [0.15, 0.2) is 42.5 Å². The van der Waals surface area contributed by atoms with Gasteiger partial charge in [-0.1, -0.05) is 23.7 Å². The fraction of sp³-hybridized carbons (Fsp3) is 0. The number of halogens is 2. The molecule has 1 N–H and O–H groups in total. The van der Waals surface area contributed by atoms with Crippen LogP contribution < -0.4 is 5.32 Å². The lowest BCUT2D eigenvalue weighted by Crippen LogP contribution is -1.93. The maximum Gasteiger partial charge on any atom is 0.132 e. The van der Waals surface area contributed by atoms with Gasteiger partial charge in [0, 0.05) is 5.69 Å². The van der Waals surface area contributed by atoms with Gasteiger partial charge in [0.1, 0.15) is 16.8 Å². The summed E-state index contributed by atoms with van der Waals surface area (Å²) in [4.78, 5) is 4.03. The van der Waals surface area contributed by atoms with Gasteiger partial charge in [-0.15, -0.1) is 0 Å². The number of anilines is 2. The van der Waals surface area contributed by atoms with Crippen LogP contribution in [0.4, 0.5) is 15.9 Å². The minimum Gasteiger partial charge on any atom is -0.340 e. The van der Waals surface area contributed by atoms with Crippen LogP contribution in [-0.4, -0.2) is 4.98 Å². The van der Waals surface area contributed by atoms with Crippen molar-refractivity contribution in [3.05, 3.63) is 53.4 Å². The normalized spacial score (nSPS) is 10.0. The molecule has 1 aromatic carbocycles. The second-order valence-corrected chi connectivity index (χ2v) is 3.37. The summed E-state index contributed by atoms with van der Waals surface area (Å²) in [6.07, 6.45) is 0. The molecule has 2 rings (SSSR count). The molecule has 2 aromatic rings. The van der Waals surface area contributed by atoms with E-state index < -0.39 is 0 Å². The molecule has 0 bridgehead atoms. The summed E-state index contributed by atoms with van der Waals surface area (Å²) in [6.45, 7) is 0. The maximum absolute atomic E-state index is 12.9. The third-order valence-electron chi connectivity index (χ3n) is 1.81. The van der Waals surface area contributed by atoms with Gasteiger partial charge in [-0.3, -0.25) is 0 Å². The van der Waals surface area contributed by atoms with E-state index in [1.165, 1.54) is 12.1 Å². The third-order valence-corrected chi connectivity index (χ3v) is 2.02. The molecule has 0 saturated heterocycles. The molecule has 0 unspecified atom stereocenters. The molecule has 76 valence electrons. The molecule has 0 aliphatic heterocycles. The van der Waals surface area contributed by atoms with Crippen LogP contribution in [0.25, 0.3) is 0 Å². The quantitative estimate of drug-likeness (QED) is 0.785. The number of nitrogens with zero attached hydrogens (tertiary/aromatic N) is 1. The lowest BCUT2D eigenvalue weighted by atomic mass is 10.3. The lowest BCUT2D eigenvalue weighted by Gasteiger charge is -2.05. The zero-order valence-corrected chi connectivity index (χ0v) is 8.50. The van der Waals surface area contributed by atoms with Crippen molar-refractivity contribution in [2.75, 3.05) is 5.32 Å². The van der Waals surface area contributed by atoms with Crippen molar-refractivity contribution in [2.45, 2.75) is 0 Å². The number of hydrogen-bond acceptors (Lipinski definition) is 2. The molecular formula is C11H8ClFN2. The fourth-order valence-corrected chi connectivity index (χ4v) is 1.36. The molecule has 2 nitrogen and oxygen atoms in total. The monoisotopic (exact) mass is 222 g/mol. The molecule has 15 heavy (non-hydrogen) atoms. The first-order valence-electron chi connectivity index (χ1n) is 4.39. The molecule has 1 aromatic heterocycles. The van der Waals surface area contributed by atoms with Crippen LogP contribution in [0, 0.1) is 5.82 Å². The van der Waals surface area contributed by atoms with E-state index in [0.29, 0.717) is 16.7 Å². The fourth-order valence-electron chi connectivity index (χ4n) is 1.19. The zero-order valence-electron chi connectivity index (χ0n) is 7.74. The highest BCUT2D eigenvalue weighted by molar-refractivity contribution is 6.29. The molecule has 0 aliphatic carbocycles. The van der Waals surface area contributed by atoms with Crippen LogP contribution in [0.5, 0.6) is 0 Å². The Morgan fingerprint density at radius 2 is 1.93 bits per heavy atom. The summed E-state index contributed by atoms with van der Waals surface area (Å²) in [5.41, 5.74) is 0.643. The standard InChI is InChI=1S/C11H8ClFN2/c12-10-5-2-6-11(15-10)14-9-4-1-3-8(13)7-9/h1-7H,(H,14,15). The molecule has 0 radical (unpaired) electrons. The van der Waals surface area contributed by atoms with Crippen LogP contribution >= 0.6 is 11.6 Å². The number of hydrogen-bond donors (Lipinski definition) is 1. The summed E-state index contributed by atoms with van der Waals surface area (Å²) in [6, 6.07) is 11.4. The average molecular weight is 223 g/mol. The summed E-state index contributed by atoms with van der Waals surface area (Å²) in [5, 5.41) is 3.35. The maximum atomic E-state index is 12.9. The van der Waals surface area contributed by atoms with E-state index in [2.05, 4.69) is 10.3 Å². The number of pyridine rings is 1. The second-order valence-electron chi connectivity index (χ2n) is 2.98. The van der Waals surface area contributed by atoms with Gasteiger partial charge in [0.25, 0.3) is 0 Å². The van der Waals surface area contributed by atoms with Crippen molar-refractivity contribution in [2.24, 2.45) is 0 Å². The van der Waals surface area contributed by atoms with Crippen molar-refractivity contribution in [1.82, 2.24) is 4.98 Å². The largest absolute Gasteiger partial charge is 0.340 e. The highest BCUT2D eigenvalue weighted by Gasteiger charge is 1.97. The molecule has 0 aliphatic rings. The van der Waals surface area contributed by atoms with E-state index in [9.17, 15) is 4.39 Å². The molecule has 0 atom stereocenters. The Labute approximate surface area is 91.7 Å². The summed E-state index contributed by atoms with van der Waals surface area (Å²) in [7, 11) is 0. The SMILES string of the molecule is Fc1cccc(Nc2cccc(Cl)n2)c1. The van der Waals surface area contributed by atoms with E-state index in [0.717, 1.165) is 0 Å². The van der Waals surface area contributed by atoms with Gasteiger partial charge in [0.15, 0.2) is 0 Å². The highest BCUT2D eigenvalue weighted by Crippen LogP contribution is 2.16. The van der Waals surface area contributed by atoms with Gasteiger partial charge in [0.05, 0.1) is 0 Å². The number of aromatic nitrogens is 1. The van der Waals surface area contributed by atoms with Crippen molar-refractivity contribution < 1.29 is 4.39 Å². The molecule has 0 fully saturated rings. The van der Waals surface area contributed by atoms with Crippen molar-refractivity contribution in [3.8, 4) is 0 Å². The first-order valence-corrected chi connectivity index (χ1v) is 4.77. The smallest absolute Gasteiger partial charge is 0.132 e. The minimum atomic E-state index is -0.290. The van der Waals surface area contributed by atoms with E-state index in [1.54, 1.807) is 30.3 Å². The van der Waals surface area contributed by atoms with Gasteiger partial charge in [-0.2, -0.15) is 0 Å². The zero-order chi connectivity index (χ0) is 10.7. The number of rotatable bonds is 2. The van der Waals surface area contributed by atoms with Crippen LogP contribution in [0.1, 0.15) is 0 Å². The van der Waals surface area contributed by atoms with E-state index in [4.69, 9.17) is 11.6 Å². The second kappa shape index (κ2) is 4.28. The Balaban J connectivity index is 2.22. The van der Waals surface area contributed by atoms with Crippen molar-refractivity contribution in [1.29, 1.82) is 0 Å². The van der Waals surface area contributed by atoms with Crippen LogP contribution in [-0.2, 0) is 0 Å². The van der Waals surface area contributed by atoms with Gasteiger partial charge < -0.3 is 5.32 Å². The minimum absolute atomic E-state index is 0.290. The molecule has 0 amide bonds.